The number of carbonyl (C=O) groups is 1. The Hall–Kier alpha value is -3.02. The van der Waals surface area contributed by atoms with Crippen molar-refractivity contribution in [3.63, 3.8) is 0 Å². The first-order chi connectivity index (χ1) is 12.3. The largest absolute Gasteiger partial charge is 0.493 e. The third-order valence-corrected chi connectivity index (χ3v) is 3.84. The minimum Gasteiger partial charge on any atom is -0.493 e. The lowest BCUT2D eigenvalue weighted by Gasteiger charge is -2.10. The highest BCUT2D eigenvalue weighted by molar-refractivity contribution is 5.77. The normalized spacial score (nSPS) is 10.6. The van der Waals surface area contributed by atoms with Crippen LogP contribution < -0.4 is 14.8 Å². The van der Waals surface area contributed by atoms with E-state index in [-0.39, 0.29) is 12.5 Å². The molecule has 130 valence electrons. The van der Waals surface area contributed by atoms with E-state index in [1.807, 2.05) is 42.7 Å². The molecule has 6 heteroatoms. The number of fused-ring (bicyclic) bond motifs is 1. The Morgan fingerprint density at radius 3 is 2.80 bits per heavy atom. The first kappa shape index (κ1) is 16.8. The highest BCUT2D eigenvalue weighted by Crippen LogP contribution is 2.25. The van der Waals surface area contributed by atoms with Crippen LogP contribution in [0.2, 0.25) is 0 Å². The Labute approximate surface area is 146 Å². The Morgan fingerprint density at radius 2 is 1.96 bits per heavy atom. The fraction of sp³-hybridized carbons (Fsp3) is 0.263. The average Bonchev–Trinajstić information content (AvgIpc) is 3.07. The molecule has 0 aliphatic carbocycles. The van der Waals surface area contributed by atoms with Gasteiger partial charge in [0, 0.05) is 19.2 Å². The quantitative estimate of drug-likeness (QED) is 0.640. The molecule has 1 N–H and O–H groups in total. The molecule has 6 nitrogen and oxygen atoms in total. The third kappa shape index (κ3) is 4.29. The minimum absolute atomic E-state index is 0.0350. The summed E-state index contributed by atoms with van der Waals surface area (Å²) < 4.78 is 12.7. The van der Waals surface area contributed by atoms with Gasteiger partial charge in [-0.3, -0.25) is 4.79 Å². The maximum absolute atomic E-state index is 11.9. The van der Waals surface area contributed by atoms with Gasteiger partial charge in [0.15, 0.2) is 18.1 Å². The summed E-state index contributed by atoms with van der Waals surface area (Å²) in [4.78, 5) is 16.3. The van der Waals surface area contributed by atoms with E-state index in [1.165, 1.54) is 0 Å². The summed E-state index contributed by atoms with van der Waals surface area (Å²) in [5.41, 5.74) is 1.08. The van der Waals surface area contributed by atoms with Crippen molar-refractivity contribution in [2.24, 2.45) is 0 Å². The van der Waals surface area contributed by atoms with Crippen molar-refractivity contribution in [2.45, 2.75) is 12.8 Å². The molecule has 0 saturated carbocycles. The number of aromatic nitrogens is 2. The van der Waals surface area contributed by atoms with Crippen molar-refractivity contribution in [3.8, 4) is 11.5 Å². The standard InChI is InChI=1S/C19H21N3O3/c1-24-16-8-2-3-9-17(16)25-14-19(23)20-11-6-10-18-21-13-15-7-4-5-12-22(15)18/h2-5,7-9,12-13H,6,10-11,14H2,1H3,(H,20,23). The maximum atomic E-state index is 11.9. The number of benzene rings is 1. The van der Waals surface area contributed by atoms with Crippen molar-refractivity contribution in [3.05, 3.63) is 60.7 Å². The van der Waals surface area contributed by atoms with E-state index in [9.17, 15) is 4.79 Å². The number of nitrogens with one attached hydrogen (secondary N) is 1. The van der Waals surface area contributed by atoms with E-state index in [0.717, 1.165) is 24.2 Å². The second kappa shape index (κ2) is 8.19. The zero-order valence-electron chi connectivity index (χ0n) is 14.1. The van der Waals surface area contributed by atoms with E-state index < -0.39 is 0 Å². The average molecular weight is 339 g/mol. The number of ether oxygens (including phenoxy) is 2. The predicted molar refractivity (Wildman–Crippen MR) is 95.0 cm³/mol. The molecular weight excluding hydrogens is 318 g/mol. The minimum atomic E-state index is -0.154. The van der Waals surface area contributed by atoms with Crippen molar-refractivity contribution >= 4 is 11.4 Å². The number of para-hydroxylation sites is 2. The highest BCUT2D eigenvalue weighted by atomic mass is 16.5. The number of hydrogen-bond acceptors (Lipinski definition) is 4. The Bertz CT molecular complexity index is 845. The SMILES string of the molecule is COc1ccccc1OCC(=O)NCCCc1ncc2ccccn12. The topological polar surface area (TPSA) is 64.9 Å². The summed E-state index contributed by atoms with van der Waals surface area (Å²) in [5, 5.41) is 2.86. The highest BCUT2D eigenvalue weighted by Gasteiger charge is 2.07. The molecule has 1 aromatic carbocycles. The zero-order valence-corrected chi connectivity index (χ0v) is 14.1. The number of methoxy groups -OCH3 is 1. The molecule has 0 saturated heterocycles. The summed E-state index contributed by atoms with van der Waals surface area (Å²) in [5.74, 6) is 2.01. The summed E-state index contributed by atoms with van der Waals surface area (Å²) in [7, 11) is 1.57. The Kier molecular flexibility index (Phi) is 5.51. The number of amides is 1. The molecule has 0 fully saturated rings. The monoisotopic (exact) mass is 339 g/mol. The fourth-order valence-corrected chi connectivity index (χ4v) is 2.59. The lowest BCUT2D eigenvalue weighted by atomic mass is 10.3. The van der Waals surface area contributed by atoms with Crippen molar-refractivity contribution in [1.29, 1.82) is 0 Å². The van der Waals surface area contributed by atoms with Gasteiger partial charge in [-0.25, -0.2) is 4.98 Å². The molecule has 0 aliphatic rings. The molecule has 25 heavy (non-hydrogen) atoms. The van der Waals surface area contributed by atoms with Crippen LogP contribution in [0.4, 0.5) is 0 Å². The van der Waals surface area contributed by atoms with E-state index in [1.54, 1.807) is 19.2 Å². The van der Waals surface area contributed by atoms with Crippen LogP contribution in [0.3, 0.4) is 0 Å². The fourth-order valence-electron chi connectivity index (χ4n) is 2.59. The predicted octanol–water partition coefficient (Wildman–Crippen LogP) is 2.47. The molecule has 2 aromatic heterocycles. The van der Waals surface area contributed by atoms with Crippen LogP contribution >= 0.6 is 0 Å². The molecule has 0 atom stereocenters. The van der Waals surface area contributed by atoms with Crippen molar-refractivity contribution in [2.75, 3.05) is 20.3 Å². The van der Waals surface area contributed by atoms with Gasteiger partial charge in [-0.15, -0.1) is 0 Å². The molecule has 0 spiro atoms. The van der Waals surface area contributed by atoms with Crippen LogP contribution in [-0.4, -0.2) is 35.6 Å². The van der Waals surface area contributed by atoms with Crippen LogP contribution in [0.15, 0.2) is 54.9 Å². The molecule has 3 aromatic rings. The van der Waals surface area contributed by atoms with Gasteiger partial charge in [0.1, 0.15) is 5.82 Å². The summed E-state index contributed by atoms with van der Waals surface area (Å²) in [6.45, 7) is 0.544. The van der Waals surface area contributed by atoms with Crippen molar-refractivity contribution in [1.82, 2.24) is 14.7 Å². The number of aryl methyl sites for hydroxylation is 1. The van der Waals surface area contributed by atoms with Crippen LogP contribution in [0.1, 0.15) is 12.2 Å². The van der Waals surface area contributed by atoms with Gasteiger partial charge in [-0.05, 0) is 30.7 Å². The first-order valence-corrected chi connectivity index (χ1v) is 8.21. The Balaban J connectivity index is 1.41. The molecule has 0 unspecified atom stereocenters. The Morgan fingerprint density at radius 1 is 1.16 bits per heavy atom. The van der Waals surface area contributed by atoms with Crippen molar-refractivity contribution < 1.29 is 14.3 Å². The van der Waals surface area contributed by atoms with Crippen LogP contribution in [0, 0.1) is 0 Å². The zero-order chi connectivity index (χ0) is 17.5. The van der Waals surface area contributed by atoms with Gasteiger partial charge in [-0.2, -0.15) is 0 Å². The van der Waals surface area contributed by atoms with Gasteiger partial charge in [0.05, 0.1) is 18.8 Å². The van der Waals surface area contributed by atoms with Gasteiger partial charge < -0.3 is 19.2 Å². The van der Waals surface area contributed by atoms with Crippen LogP contribution in [-0.2, 0) is 11.2 Å². The summed E-state index contributed by atoms with van der Waals surface area (Å²) in [6.07, 6.45) is 5.46. The van der Waals surface area contributed by atoms with E-state index in [2.05, 4.69) is 14.7 Å². The second-order valence-corrected chi connectivity index (χ2v) is 5.56. The molecule has 0 bridgehead atoms. The van der Waals surface area contributed by atoms with Gasteiger partial charge in [-0.1, -0.05) is 18.2 Å². The van der Waals surface area contributed by atoms with Crippen LogP contribution in [0.25, 0.3) is 5.52 Å². The summed E-state index contributed by atoms with van der Waals surface area (Å²) in [6, 6.07) is 13.2. The number of carbonyl (C=O) groups excluding carboxylic acids is 1. The van der Waals surface area contributed by atoms with E-state index in [0.29, 0.717) is 18.0 Å². The third-order valence-electron chi connectivity index (χ3n) is 3.84. The molecule has 0 aliphatic heterocycles. The lowest BCUT2D eigenvalue weighted by Crippen LogP contribution is -2.30. The number of pyridine rings is 1. The second-order valence-electron chi connectivity index (χ2n) is 5.56. The molecule has 0 radical (unpaired) electrons. The molecule has 2 heterocycles. The van der Waals surface area contributed by atoms with Gasteiger partial charge in [0.2, 0.25) is 0 Å². The van der Waals surface area contributed by atoms with Crippen LogP contribution in [0.5, 0.6) is 11.5 Å². The van der Waals surface area contributed by atoms with E-state index in [4.69, 9.17) is 9.47 Å². The van der Waals surface area contributed by atoms with Gasteiger partial charge >= 0.3 is 0 Å². The van der Waals surface area contributed by atoms with Gasteiger partial charge in [0.25, 0.3) is 5.91 Å². The first-order valence-electron chi connectivity index (χ1n) is 8.21. The molecule has 1 amide bonds. The number of imidazole rings is 1. The van der Waals surface area contributed by atoms with E-state index >= 15 is 0 Å². The number of nitrogens with zero attached hydrogens (tertiary/aromatic N) is 2. The number of hydrogen-bond donors (Lipinski definition) is 1. The maximum Gasteiger partial charge on any atom is 0.257 e. The molecular formula is C19H21N3O3. The molecule has 3 rings (SSSR count). The number of rotatable bonds is 8. The smallest absolute Gasteiger partial charge is 0.257 e. The summed E-state index contributed by atoms with van der Waals surface area (Å²) >= 11 is 0. The lowest BCUT2D eigenvalue weighted by molar-refractivity contribution is -0.123.